The van der Waals surface area contributed by atoms with Crippen molar-refractivity contribution in [3.05, 3.63) is 64.7 Å². The first kappa shape index (κ1) is 18.7. The summed E-state index contributed by atoms with van der Waals surface area (Å²) < 4.78 is 5.57. The average Bonchev–Trinajstić information content (AvgIpc) is 2.61. The minimum absolute atomic E-state index is 0.0390. The smallest absolute Gasteiger partial charge is 0.335 e. The van der Waals surface area contributed by atoms with Crippen LogP contribution in [-0.2, 0) is 9.59 Å². The number of nitrogens with zero attached hydrogens (tertiary/aromatic N) is 1. The van der Waals surface area contributed by atoms with Crippen LogP contribution >= 0.6 is 11.6 Å². The maximum Gasteiger partial charge on any atom is 0.335 e. The zero-order chi connectivity index (χ0) is 19.6. The highest BCUT2D eigenvalue weighted by atomic mass is 35.5. The van der Waals surface area contributed by atoms with Gasteiger partial charge in [0.15, 0.2) is 0 Å². The van der Waals surface area contributed by atoms with E-state index in [4.69, 9.17) is 16.3 Å². The van der Waals surface area contributed by atoms with Gasteiger partial charge in [0.05, 0.1) is 16.8 Å². The second kappa shape index (κ2) is 7.63. The molecule has 138 valence electrons. The number of benzene rings is 2. The number of nitrogens with one attached hydrogen (secondary N) is 1. The van der Waals surface area contributed by atoms with E-state index in [0.717, 1.165) is 4.90 Å². The number of ether oxygens (including phenoxy) is 1. The summed E-state index contributed by atoms with van der Waals surface area (Å²) in [4.78, 5) is 38.0. The largest absolute Gasteiger partial charge is 0.489 e. The Morgan fingerprint density at radius 3 is 2.41 bits per heavy atom. The molecule has 1 aliphatic rings. The average molecular weight is 385 g/mol. The highest BCUT2D eigenvalue weighted by molar-refractivity contribution is 6.39. The number of barbiturate groups is 1. The van der Waals surface area contributed by atoms with Crippen LogP contribution in [0.3, 0.4) is 0 Å². The van der Waals surface area contributed by atoms with E-state index in [2.05, 4.69) is 5.32 Å². The van der Waals surface area contributed by atoms with Crippen LogP contribution in [0, 0.1) is 0 Å². The van der Waals surface area contributed by atoms with Gasteiger partial charge in [-0.2, -0.15) is 0 Å². The summed E-state index contributed by atoms with van der Waals surface area (Å²) in [5.74, 6) is -0.946. The molecule has 0 saturated carbocycles. The second-order valence-electron chi connectivity index (χ2n) is 6.15. The molecule has 0 aromatic heterocycles. The molecule has 1 aliphatic heterocycles. The van der Waals surface area contributed by atoms with Crippen LogP contribution in [0.1, 0.15) is 19.4 Å². The van der Waals surface area contributed by atoms with Crippen molar-refractivity contribution in [2.24, 2.45) is 0 Å². The molecular weight excluding hydrogens is 368 g/mol. The van der Waals surface area contributed by atoms with Crippen LogP contribution in [0.5, 0.6) is 5.75 Å². The molecule has 1 N–H and O–H groups in total. The van der Waals surface area contributed by atoms with Gasteiger partial charge in [-0.1, -0.05) is 35.9 Å². The molecule has 0 bridgehead atoms. The highest BCUT2D eigenvalue weighted by Crippen LogP contribution is 2.28. The van der Waals surface area contributed by atoms with Crippen LogP contribution in [0.25, 0.3) is 6.08 Å². The molecule has 0 atom stereocenters. The lowest BCUT2D eigenvalue weighted by molar-refractivity contribution is -0.122. The number of imide groups is 2. The van der Waals surface area contributed by atoms with Crippen molar-refractivity contribution in [2.75, 3.05) is 4.90 Å². The molecule has 27 heavy (non-hydrogen) atoms. The zero-order valence-corrected chi connectivity index (χ0v) is 15.5. The van der Waals surface area contributed by atoms with Gasteiger partial charge in [0.1, 0.15) is 11.3 Å². The Bertz CT molecular complexity index is 938. The summed E-state index contributed by atoms with van der Waals surface area (Å²) in [5, 5.41) is 2.54. The van der Waals surface area contributed by atoms with E-state index in [9.17, 15) is 14.4 Å². The quantitative estimate of drug-likeness (QED) is 0.642. The Balaban J connectivity index is 1.95. The molecule has 2 aromatic rings. The molecule has 4 amide bonds. The van der Waals surface area contributed by atoms with Crippen LogP contribution in [0.2, 0.25) is 5.02 Å². The third kappa shape index (κ3) is 4.01. The molecule has 0 aliphatic carbocycles. The van der Waals surface area contributed by atoms with Gasteiger partial charge >= 0.3 is 6.03 Å². The number of carbonyl (C=O) groups excluding carboxylic acids is 3. The number of urea groups is 1. The summed E-state index contributed by atoms with van der Waals surface area (Å²) in [6.07, 6.45) is 1.35. The van der Waals surface area contributed by atoms with Crippen molar-refractivity contribution in [3.63, 3.8) is 0 Å². The van der Waals surface area contributed by atoms with E-state index < -0.39 is 17.8 Å². The number of carbonyl (C=O) groups is 3. The zero-order valence-electron chi connectivity index (χ0n) is 14.7. The van der Waals surface area contributed by atoms with Crippen LogP contribution in [0.15, 0.2) is 54.1 Å². The van der Waals surface area contributed by atoms with Crippen molar-refractivity contribution < 1.29 is 19.1 Å². The summed E-state index contributed by atoms with van der Waals surface area (Å²) >= 11 is 6.21. The Morgan fingerprint density at radius 2 is 1.78 bits per heavy atom. The molecule has 3 rings (SSSR count). The van der Waals surface area contributed by atoms with Crippen LogP contribution in [-0.4, -0.2) is 23.9 Å². The normalized spacial score (nSPS) is 16.1. The van der Waals surface area contributed by atoms with E-state index in [1.54, 1.807) is 48.5 Å². The van der Waals surface area contributed by atoms with Crippen molar-refractivity contribution in [3.8, 4) is 5.75 Å². The van der Waals surface area contributed by atoms with Gasteiger partial charge in [-0.15, -0.1) is 0 Å². The summed E-state index contributed by atoms with van der Waals surface area (Å²) in [5.41, 5.74) is 0.751. The Kier molecular flexibility index (Phi) is 5.28. The fourth-order valence-electron chi connectivity index (χ4n) is 2.59. The van der Waals surface area contributed by atoms with E-state index in [-0.39, 0.29) is 11.7 Å². The Morgan fingerprint density at radius 1 is 1.07 bits per heavy atom. The molecule has 2 aromatic carbocycles. The maximum absolute atomic E-state index is 12.8. The molecule has 0 radical (unpaired) electrons. The van der Waals surface area contributed by atoms with E-state index in [1.165, 1.54) is 6.08 Å². The first-order valence-corrected chi connectivity index (χ1v) is 8.67. The number of hydrogen-bond donors (Lipinski definition) is 1. The number of halogens is 1. The van der Waals surface area contributed by atoms with Crippen molar-refractivity contribution >= 4 is 41.2 Å². The lowest BCUT2D eigenvalue weighted by atomic mass is 10.1. The fraction of sp³-hybridized carbons (Fsp3) is 0.150. The number of hydrogen-bond acceptors (Lipinski definition) is 4. The molecule has 6 nitrogen and oxygen atoms in total. The predicted octanol–water partition coefficient (Wildman–Crippen LogP) is 3.79. The minimum atomic E-state index is -0.785. The van der Waals surface area contributed by atoms with Gasteiger partial charge in [-0.3, -0.25) is 14.9 Å². The lowest BCUT2D eigenvalue weighted by Gasteiger charge is -2.26. The molecule has 1 heterocycles. The SMILES string of the molecule is CC(C)Oc1ccc(/C=C2\C(=O)NC(=O)N(c3ccccc3)C2=O)cc1Cl. The summed E-state index contributed by atoms with van der Waals surface area (Å²) in [7, 11) is 0. The Hall–Kier alpha value is -3.12. The van der Waals surface area contributed by atoms with Gasteiger partial charge in [0.2, 0.25) is 0 Å². The molecular formula is C20H17ClN2O4. The summed E-state index contributed by atoms with van der Waals surface area (Å²) in [6, 6.07) is 12.5. The van der Waals surface area contributed by atoms with Crippen LogP contribution in [0.4, 0.5) is 10.5 Å². The van der Waals surface area contributed by atoms with E-state index in [1.807, 2.05) is 13.8 Å². The third-order valence-corrected chi connectivity index (χ3v) is 4.04. The van der Waals surface area contributed by atoms with Crippen molar-refractivity contribution in [2.45, 2.75) is 20.0 Å². The molecule has 1 saturated heterocycles. The molecule has 1 fully saturated rings. The van der Waals surface area contributed by atoms with E-state index in [0.29, 0.717) is 22.0 Å². The summed E-state index contributed by atoms with van der Waals surface area (Å²) in [6.45, 7) is 3.76. The number of amides is 4. The van der Waals surface area contributed by atoms with E-state index >= 15 is 0 Å². The van der Waals surface area contributed by atoms with Gasteiger partial charge in [0.25, 0.3) is 11.8 Å². The number of rotatable bonds is 4. The predicted molar refractivity (Wildman–Crippen MR) is 103 cm³/mol. The second-order valence-corrected chi connectivity index (χ2v) is 6.56. The highest BCUT2D eigenvalue weighted by Gasteiger charge is 2.36. The standard InChI is InChI=1S/C20H17ClN2O4/c1-12(2)27-17-9-8-13(11-16(17)21)10-15-18(24)22-20(26)23(19(15)25)14-6-4-3-5-7-14/h3-12H,1-2H3,(H,22,24,26)/b15-10+. The van der Waals surface area contributed by atoms with Crippen molar-refractivity contribution in [1.29, 1.82) is 0 Å². The van der Waals surface area contributed by atoms with Crippen LogP contribution < -0.4 is 15.0 Å². The molecule has 7 heteroatoms. The van der Waals surface area contributed by atoms with Gasteiger partial charge < -0.3 is 4.74 Å². The van der Waals surface area contributed by atoms with Gasteiger partial charge in [-0.05, 0) is 49.8 Å². The van der Waals surface area contributed by atoms with Crippen molar-refractivity contribution in [1.82, 2.24) is 5.32 Å². The third-order valence-electron chi connectivity index (χ3n) is 3.75. The topological polar surface area (TPSA) is 75.7 Å². The molecule has 0 unspecified atom stereocenters. The Labute approximate surface area is 161 Å². The number of para-hydroxylation sites is 1. The van der Waals surface area contributed by atoms with Gasteiger partial charge in [0, 0.05) is 0 Å². The maximum atomic E-state index is 12.8. The number of anilines is 1. The minimum Gasteiger partial charge on any atom is -0.489 e. The molecule has 0 spiro atoms. The van der Waals surface area contributed by atoms with Gasteiger partial charge in [-0.25, -0.2) is 9.69 Å². The lowest BCUT2D eigenvalue weighted by Crippen LogP contribution is -2.54. The monoisotopic (exact) mass is 384 g/mol. The first-order chi connectivity index (χ1) is 12.9. The fourth-order valence-corrected chi connectivity index (χ4v) is 2.83. The first-order valence-electron chi connectivity index (χ1n) is 8.29.